The van der Waals surface area contributed by atoms with Crippen molar-refractivity contribution >= 4 is 5.91 Å². The standard InChI is InChI=1S/C32H41F3N2O5/c1-17-24-13-22(31(24,3)4)14-25(17)36-30(40)28-27(18(2)39)26(16-38)42-37(28)15-20-9-7-11-23(29(20)41-5)19-8-6-10-21(12-19)32(33,34)35/h6-12,17-18,22,24-28,38-39H,13-16H2,1-5H3,(H,36,40)/t17-,18-,22+,24-,25-,26-,27-,28?/m0/s1. The minimum Gasteiger partial charge on any atom is -0.496 e. The van der Waals surface area contributed by atoms with Crippen molar-refractivity contribution in [3.05, 3.63) is 53.6 Å². The smallest absolute Gasteiger partial charge is 0.416 e. The first-order valence-corrected chi connectivity index (χ1v) is 14.6. The first kappa shape index (κ1) is 30.8. The van der Waals surface area contributed by atoms with Crippen LogP contribution in [0.1, 0.15) is 51.7 Å². The summed E-state index contributed by atoms with van der Waals surface area (Å²) >= 11 is 0. The van der Waals surface area contributed by atoms with E-state index in [2.05, 4.69) is 26.1 Å². The number of para-hydroxylation sites is 1. The summed E-state index contributed by atoms with van der Waals surface area (Å²) in [6, 6.07) is 9.28. The van der Waals surface area contributed by atoms with Gasteiger partial charge in [0.25, 0.3) is 0 Å². The predicted octanol–water partition coefficient (Wildman–Crippen LogP) is 5.04. The molecule has 10 heteroatoms. The molecule has 6 rings (SSSR count). The molecular weight excluding hydrogens is 549 g/mol. The molecule has 1 unspecified atom stereocenters. The molecule has 1 amide bonds. The van der Waals surface area contributed by atoms with Gasteiger partial charge in [0.05, 0.1) is 31.9 Å². The SMILES string of the molecule is COc1c(CN2O[C@@H](CO)[C@H]([C@H](C)O)C2C(=O)N[C@H]2C[C@H]3C[C@@H]([C@@H]2C)C3(C)C)cccc1-c1cccc(C(F)(F)F)c1. The molecule has 1 heterocycles. The Hall–Kier alpha value is -2.66. The summed E-state index contributed by atoms with van der Waals surface area (Å²) in [6.07, 6.45) is -4.19. The van der Waals surface area contributed by atoms with Crippen molar-refractivity contribution in [2.24, 2.45) is 29.1 Å². The molecule has 1 saturated heterocycles. The molecule has 8 atom stereocenters. The second-order valence-electron chi connectivity index (χ2n) is 12.8. The Labute approximate surface area is 245 Å². The van der Waals surface area contributed by atoms with Gasteiger partial charge in [0.15, 0.2) is 0 Å². The van der Waals surface area contributed by atoms with Gasteiger partial charge in [-0.25, -0.2) is 0 Å². The Morgan fingerprint density at radius 3 is 2.52 bits per heavy atom. The molecule has 0 spiro atoms. The second kappa shape index (κ2) is 11.4. The Morgan fingerprint density at radius 2 is 1.93 bits per heavy atom. The third-order valence-electron chi connectivity index (χ3n) is 10.2. The highest BCUT2D eigenvalue weighted by molar-refractivity contribution is 5.83. The van der Waals surface area contributed by atoms with Gasteiger partial charge in [0.1, 0.15) is 17.9 Å². The number of nitrogens with zero attached hydrogens (tertiary/aromatic N) is 1. The molecule has 4 fully saturated rings. The minimum atomic E-state index is -4.49. The van der Waals surface area contributed by atoms with Gasteiger partial charge in [-0.2, -0.15) is 18.2 Å². The average Bonchev–Trinajstić information content (AvgIpc) is 3.32. The molecule has 230 valence electrons. The Morgan fingerprint density at radius 1 is 1.21 bits per heavy atom. The molecule has 1 aliphatic heterocycles. The van der Waals surface area contributed by atoms with Gasteiger partial charge in [0, 0.05) is 23.1 Å². The van der Waals surface area contributed by atoms with E-state index in [0.717, 1.165) is 18.6 Å². The largest absolute Gasteiger partial charge is 0.496 e. The van der Waals surface area contributed by atoms with Crippen molar-refractivity contribution in [2.45, 2.75) is 77.5 Å². The fraction of sp³-hybridized carbons (Fsp3) is 0.594. The van der Waals surface area contributed by atoms with Crippen LogP contribution in [0.15, 0.2) is 42.5 Å². The van der Waals surface area contributed by atoms with Gasteiger partial charge < -0.3 is 20.3 Å². The van der Waals surface area contributed by atoms with Crippen molar-refractivity contribution in [2.75, 3.05) is 13.7 Å². The fourth-order valence-corrected chi connectivity index (χ4v) is 7.69. The van der Waals surface area contributed by atoms with E-state index >= 15 is 0 Å². The first-order chi connectivity index (χ1) is 19.8. The lowest BCUT2D eigenvalue weighted by Crippen LogP contribution is -2.62. The van der Waals surface area contributed by atoms with Crippen molar-refractivity contribution in [3.63, 3.8) is 0 Å². The van der Waals surface area contributed by atoms with Gasteiger partial charge in [-0.05, 0) is 60.6 Å². The summed E-state index contributed by atoms with van der Waals surface area (Å²) in [5, 5.41) is 25.5. The first-order valence-electron chi connectivity index (χ1n) is 14.6. The predicted molar refractivity (Wildman–Crippen MR) is 151 cm³/mol. The minimum absolute atomic E-state index is 0.00211. The van der Waals surface area contributed by atoms with Crippen LogP contribution in [0.4, 0.5) is 13.2 Å². The summed E-state index contributed by atoms with van der Waals surface area (Å²) < 4.78 is 46.0. The number of carbonyl (C=O) groups excluding carboxylic acids is 1. The van der Waals surface area contributed by atoms with E-state index in [1.54, 1.807) is 31.2 Å². The summed E-state index contributed by atoms with van der Waals surface area (Å²) in [4.78, 5) is 20.0. The van der Waals surface area contributed by atoms with Gasteiger partial charge in [-0.3, -0.25) is 9.63 Å². The second-order valence-corrected chi connectivity index (χ2v) is 12.8. The van der Waals surface area contributed by atoms with E-state index in [0.29, 0.717) is 40.2 Å². The molecule has 2 bridgehead atoms. The molecule has 0 aromatic heterocycles. The van der Waals surface area contributed by atoms with E-state index in [1.807, 2.05) is 0 Å². The maximum atomic E-state index is 13.9. The molecule has 7 nitrogen and oxygen atoms in total. The maximum Gasteiger partial charge on any atom is 0.416 e. The van der Waals surface area contributed by atoms with E-state index in [1.165, 1.54) is 24.7 Å². The molecule has 3 saturated carbocycles. The lowest BCUT2D eigenvalue weighted by atomic mass is 9.45. The van der Waals surface area contributed by atoms with Gasteiger partial charge in [-0.1, -0.05) is 51.1 Å². The molecular formula is C32H41F3N2O5. The number of hydrogen-bond acceptors (Lipinski definition) is 6. The zero-order valence-corrected chi connectivity index (χ0v) is 24.7. The van der Waals surface area contributed by atoms with Crippen molar-refractivity contribution in [3.8, 4) is 16.9 Å². The van der Waals surface area contributed by atoms with Gasteiger partial charge in [0.2, 0.25) is 5.91 Å². The van der Waals surface area contributed by atoms with E-state index < -0.39 is 42.5 Å². The number of methoxy groups -OCH3 is 1. The molecule has 42 heavy (non-hydrogen) atoms. The Kier molecular flexibility index (Phi) is 8.39. The number of fused-ring (bicyclic) bond motifs is 2. The number of rotatable bonds is 8. The average molecular weight is 591 g/mol. The maximum absolute atomic E-state index is 13.9. The lowest BCUT2D eigenvalue weighted by Gasteiger charge is -2.62. The number of hydrogen-bond donors (Lipinski definition) is 3. The monoisotopic (exact) mass is 590 g/mol. The Bertz CT molecular complexity index is 1300. The lowest BCUT2D eigenvalue weighted by molar-refractivity contribution is -0.183. The molecule has 3 N–H and O–H groups in total. The van der Waals surface area contributed by atoms with Crippen molar-refractivity contribution < 1.29 is 37.8 Å². The third-order valence-corrected chi connectivity index (χ3v) is 10.2. The van der Waals surface area contributed by atoms with Gasteiger partial charge >= 0.3 is 6.18 Å². The van der Waals surface area contributed by atoms with Crippen LogP contribution < -0.4 is 10.1 Å². The number of nitrogens with one attached hydrogen (secondary N) is 1. The van der Waals surface area contributed by atoms with E-state index in [4.69, 9.17) is 9.57 Å². The summed E-state index contributed by atoms with van der Waals surface area (Å²) in [5.74, 6) is 0.744. The summed E-state index contributed by atoms with van der Waals surface area (Å²) in [6.45, 7) is 8.01. The quantitative estimate of drug-likeness (QED) is 0.399. The molecule has 3 aliphatic carbocycles. The van der Waals surface area contributed by atoms with E-state index in [9.17, 15) is 28.2 Å². The Balaban J connectivity index is 1.43. The molecule has 2 aromatic rings. The summed E-state index contributed by atoms with van der Waals surface area (Å²) in [7, 11) is 1.44. The van der Waals surface area contributed by atoms with Gasteiger partial charge in [-0.15, -0.1) is 0 Å². The van der Waals surface area contributed by atoms with Crippen LogP contribution >= 0.6 is 0 Å². The highest BCUT2D eigenvalue weighted by Gasteiger charge is 2.57. The topological polar surface area (TPSA) is 91.3 Å². The van der Waals surface area contributed by atoms with Crippen LogP contribution in [0.25, 0.3) is 11.1 Å². The van der Waals surface area contributed by atoms with Crippen molar-refractivity contribution in [1.29, 1.82) is 0 Å². The van der Waals surface area contributed by atoms with Crippen LogP contribution in [0.5, 0.6) is 5.75 Å². The zero-order chi connectivity index (χ0) is 30.6. The van der Waals surface area contributed by atoms with Crippen molar-refractivity contribution in [1.82, 2.24) is 10.4 Å². The molecule has 0 radical (unpaired) electrons. The molecule has 2 aromatic carbocycles. The number of ether oxygens (including phenoxy) is 1. The fourth-order valence-electron chi connectivity index (χ4n) is 7.69. The van der Waals surface area contributed by atoms with Crippen LogP contribution in [0, 0.1) is 29.1 Å². The highest BCUT2D eigenvalue weighted by atomic mass is 19.4. The van der Waals surface area contributed by atoms with Crippen LogP contribution in [0.3, 0.4) is 0 Å². The number of carbonyl (C=O) groups is 1. The zero-order valence-electron chi connectivity index (χ0n) is 24.7. The number of aliphatic hydroxyl groups is 2. The van der Waals surface area contributed by atoms with Crippen LogP contribution in [-0.2, 0) is 22.4 Å². The van der Waals surface area contributed by atoms with Crippen LogP contribution in [-0.4, -0.2) is 59.2 Å². The number of hydroxylamine groups is 2. The molecule has 4 aliphatic rings. The highest BCUT2D eigenvalue weighted by Crippen LogP contribution is 2.61. The number of aliphatic hydroxyl groups excluding tert-OH is 2. The third kappa shape index (κ3) is 5.42. The summed E-state index contributed by atoms with van der Waals surface area (Å²) in [5.41, 5.74) is 0.875. The normalized spacial score (nSPS) is 31.3. The van der Waals surface area contributed by atoms with Crippen LogP contribution in [0.2, 0.25) is 0 Å². The number of amides is 1. The number of benzene rings is 2. The number of alkyl halides is 3. The van der Waals surface area contributed by atoms with E-state index in [-0.39, 0.29) is 23.9 Å². The number of halogens is 3.